The Balaban J connectivity index is 2.13. The molecule has 0 amide bonds. The number of ether oxygens (including phenoxy) is 3. The van der Waals surface area contributed by atoms with Crippen LogP contribution >= 0.6 is 0 Å². The summed E-state index contributed by atoms with van der Waals surface area (Å²) in [6.07, 6.45) is 0. The SMILES string of the molecule is COc1cc(COc2ccccc2O)cc(OC)c1. The van der Waals surface area contributed by atoms with Gasteiger partial charge in [0.2, 0.25) is 0 Å². The lowest BCUT2D eigenvalue weighted by atomic mass is 10.2. The molecule has 0 atom stereocenters. The van der Waals surface area contributed by atoms with Crippen LogP contribution in [0.3, 0.4) is 0 Å². The predicted molar refractivity (Wildman–Crippen MR) is 72.0 cm³/mol. The average molecular weight is 260 g/mol. The second kappa shape index (κ2) is 6.00. The van der Waals surface area contributed by atoms with Gasteiger partial charge in [0.25, 0.3) is 0 Å². The third kappa shape index (κ3) is 3.31. The molecule has 100 valence electrons. The van der Waals surface area contributed by atoms with Gasteiger partial charge in [0, 0.05) is 6.07 Å². The molecule has 1 N–H and O–H groups in total. The Kier molecular flexibility index (Phi) is 4.13. The summed E-state index contributed by atoms with van der Waals surface area (Å²) in [5, 5.41) is 9.62. The van der Waals surface area contributed by atoms with Gasteiger partial charge in [-0.25, -0.2) is 0 Å². The van der Waals surface area contributed by atoms with Crippen molar-refractivity contribution in [2.75, 3.05) is 14.2 Å². The zero-order valence-corrected chi connectivity index (χ0v) is 10.9. The number of aromatic hydroxyl groups is 1. The van der Waals surface area contributed by atoms with Gasteiger partial charge in [0.05, 0.1) is 14.2 Å². The molecular formula is C15H16O4. The molecule has 0 bridgehead atoms. The van der Waals surface area contributed by atoms with Gasteiger partial charge in [0.1, 0.15) is 18.1 Å². The highest BCUT2D eigenvalue weighted by molar-refractivity contribution is 5.40. The van der Waals surface area contributed by atoms with Gasteiger partial charge in [0.15, 0.2) is 11.5 Å². The lowest BCUT2D eigenvalue weighted by Crippen LogP contribution is -1.97. The van der Waals surface area contributed by atoms with Crippen molar-refractivity contribution >= 4 is 0 Å². The first-order valence-electron chi connectivity index (χ1n) is 5.85. The van der Waals surface area contributed by atoms with Crippen molar-refractivity contribution < 1.29 is 19.3 Å². The number of hydrogen-bond donors (Lipinski definition) is 1. The maximum Gasteiger partial charge on any atom is 0.161 e. The van der Waals surface area contributed by atoms with E-state index < -0.39 is 0 Å². The van der Waals surface area contributed by atoms with Crippen LogP contribution in [0.4, 0.5) is 0 Å². The number of hydrogen-bond acceptors (Lipinski definition) is 4. The molecular weight excluding hydrogens is 244 g/mol. The van der Waals surface area contributed by atoms with Crippen LogP contribution in [-0.4, -0.2) is 19.3 Å². The summed E-state index contributed by atoms with van der Waals surface area (Å²) in [5.74, 6) is 1.98. The third-order valence-electron chi connectivity index (χ3n) is 2.67. The Morgan fingerprint density at radius 2 is 1.58 bits per heavy atom. The van der Waals surface area contributed by atoms with E-state index in [1.807, 2.05) is 12.1 Å². The first-order chi connectivity index (χ1) is 9.22. The number of rotatable bonds is 5. The first-order valence-corrected chi connectivity index (χ1v) is 5.85. The molecule has 0 aliphatic carbocycles. The molecule has 4 nitrogen and oxygen atoms in total. The van der Waals surface area contributed by atoms with Crippen molar-refractivity contribution in [3.8, 4) is 23.0 Å². The molecule has 0 unspecified atom stereocenters. The topological polar surface area (TPSA) is 47.9 Å². The number of phenolic OH excluding ortho intramolecular Hbond substituents is 1. The molecule has 0 saturated heterocycles. The van der Waals surface area contributed by atoms with Crippen LogP contribution in [-0.2, 0) is 6.61 Å². The first kappa shape index (κ1) is 13.1. The Bertz CT molecular complexity index is 529. The van der Waals surface area contributed by atoms with Crippen LogP contribution in [0.15, 0.2) is 42.5 Å². The van der Waals surface area contributed by atoms with E-state index in [4.69, 9.17) is 14.2 Å². The summed E-state index contributed by atoms with van der Waals surface area (Å²) in [7, 11) is 3.20. The molecule has 0 spiro atoms. The van der Waals surface area contributed by atoms with Crippen LogP contribution < -0.4 is 14.2 Å². The minimum absolute atomic E-state index is 0.123. The standard InChI is InChI=1S/C15H16O4/c1-17-12-7-11(8-13(9-12)18-2)10-19-15-6-4-3-5-14(15)16/h3-9,16H,10H2,1-2H3. The second-order valence-electron chi connectivity index (χ2n) is 3.98. The summed E-state index contributed by atoms with van der Waals surface area (Å²) < 4.78 is 15.9. The van der Waals surface area contributed by atoms with E-state index in [9.17, 15) is 5.11 Å². The van der Waals surface area contributed by atoms with Crippen molar-refractivity contribution in [2.24, 2.45) is 0 Å². The normalized spacial score (nSPS) is 10.0. The number of para-hydroxylation sites is 2. The predicted octanol–water partition coefficient (Wildman–Crippen LogP) is 2.99. The van der Waals surface area contributed by atoms with Gasteiger partial charge < -0.3 is 19.3 Å². The minimum Gasteiger partial charge on any atom is -0.504 e. The van der Waals surface area contributed by atoms with Crippen LogP contribution in [0.1, 0.15) is 5.56 Å². The fourth-order valence-corrected chi connectivity index (χ4v) is 1.69. The van der Waals surface area contributed by atoms with Gasteiger partial charge >= 0.3 is 0 Å². The van der Waals surface area contributed by atoms with E-state index in [0.29, 0.717) is 23.9 Å². The van der Waals surface area contributed by atoms with Crippen LogP contribution in [0.2, 0.25) is 0 Å². The zero-order valence-electron chi connectivity index (χ0n) is 10.9. The van der Waals surface area contributed by atoms with E-state index in [1.165, 1.54) is 0 Å². The zero-order chi connectivity index (χ0) is 13.7. The monoisotopic (exact) mass is 260 g/mol. The maximum atomic E-state index is 9.62. The number of methoxy groups -OCH3 is 2. The molecule has 0 saturated carbocycles. The molecule has 4 heteroatoms. The van der Waals surface area contributed by atoms with Gasteiger partial charge in [-0.2, -0.15) is 0 Å². The molecule has 0 fully saturated rings. The fraction of sp³-hybridized carbons (Fsp3) is 0.200. The number of phenols is 1. The average Bonchev–Trinajstić information content (AvgIpc) is 2.46. The van der Waals surface area contributed by atoms with E-state index >= 15 is 0 Å². The highest BCUT2D eigenvalue weighted by atomic mass is 16.5. The van der Waals surface area contributed by atoms with E-state index in [-0.39, 0.29) is 5.75 Å². The van der Waals surface area contributed by atoms with Crippen LogP contribution in [0, 0.1) is 0 Å². The Labute approximate surface area is 112 Å². The van der Waals surface area contributed by atoms with Crippen molar-refractivity contribution in [1.29, 1.82) is 0 Å². The van der Waals surface area contributed by atoms with Crippen LogP contribution in [0.5, 0.6) is 23.0 Å². The molecule has 2 aromatic carbocycles. The van der Waals surface area contributed by atoms with Gasteiger partial charge in [-0.15, -0.1) is 0 Å². The largest absolute Gasteiger partial charge is 0.504 e. The van der Waals surface area contributed by atoms with Crippen molar-refractivity contribution in [3.05, 3.63) is 48.0 Å². The van der Waals surface area contributed by atoms with Gasteiger partial charge in [-0.1, -0.05) is 12.1 Å². The van der Waals surface area contributed by atoms with Gasteiger partial charge in [-0.05, 0) is 29.8 Å². The highest BCUT2D eigenvalue weighted by Crippen LogP contribution is 2.27. The van der Waals surface area contributed by atoms with Crippen molar-refractivity contribution in [3.63, 3.8) is 0 Å². The Morgan fingerprint density at radius 1 is 0.947 bits per heavy atom. The summed E-state index contributed by atoms with van der Waals surface area (Å²) in [6, 6.07) is 12.4. The summed E-state index contributed by atoms with van der Waals surface area (Å²) >= 11 is 0. The van der Waals surface area contributed by atoms with Gasteiger partial charge in [-0.3, -0.25) is 0 Å². The summed E-state index contributed by atoms with van der Waals surface area (Å²) in [4.78, 5) is 0. The van der Waals surface area contributed by atoms with E-state index in [0.717, 1.165) is 5.56 Å². The van der Waals surface area contributed by atoms with Crippen LogP contribution in [0.25, 0.3) is 0 Å². The molecule has 0 heterocycles. The summed E-state index contributed by atoms with van der Waals surface area (Å²) in [6.45, 7) is 0.325. The Morgan fingerprint density at radius 3 is 2.16 bits per heavy atom. The third-order valence-corrected chi connectivity index (χ3v) is 2.67. The number of benzene rings is 2. The molecule has 19 heavy (non-hydrogen) atoms. The van der Waals surface area contributed by atoms with Crippen molar-refractivity contribution in [1.82, 2.24) is 0 Å². The summed E-state index contributed by atoms with van der Waals surface area (Å²) in [5.41, 5.74) is 0.902. The molecule has 2 aromatic rings. The lowest BCUT2D eigenvalue weighted by molar-refractivity contribution is 0.287. The highest BCUT2D eigenvalue weighted by Gasteiger charge is 2.05. The van der Waals surface area contributed by atoms with E-state index in [1.54, 1.807) is 44.6 Å². The quantitative estimate of drug-likeness (QED) is 0.897. The smallest absolute Gasteiger partial charge is 0.161 e. The lowest BCUT2D eigenvalue weighted by Gasteiger charge is -2.10. The molecule has 2 rings (SSSR count). The molecule has 0 aliphatic heterocycles. The van der Waals surface area contributed by atoms with Crippen molar-refractivity contribution in [2.45, 2.75) is 6.61 Å². The van der Waals surface area contributed by atoms with E-state index in [2.05, 4.69) is 0 Å². The maximum absolute atomic E-state index is 9.62. The molecule has 0 aromatic heterocycles. The minimum atomic E-state index is 0.123. The molecule has 0 radical (unpaired) electrons. The fourth-order valence-electron chi connectivity index (χ4n) is 1.69. The second-order valence-corrected chi connectivity index (χ2v) is 3.98. The Hall–Kier alpha value is -2.36. The molecule has 0 aliphatic rings.